The SMILES string of the molecule is CC(C)(C)OC(=O)N(Cc1ccc(CF)cc1)c1ccc(C(O)c2c[nH]c3ncc(OCCN4CCOCC4)cc23)cn1. The van der Waals surface area contributed by atoms with E-state index in [-0.39, 0.29) is 6.54 Å². The molecule has 2 N–H and O–H groups in total. The van der Waals surface area contributed by atoms with Crippen LogP contribution in [-0.4, -0.2) is 76.1 Å². The lowest BCUT2D eigenvalue weighted by atomic mass is 10.0. The number of benzene rings is 1. The summed E-state index contributed by atoms with van der Waals surface area (Å²) in [5.41, 5.74) is 2.45. The minimum absolute atomic E-state index is 0.179. The number of alkyl halides is 1. The molecule has 0 saturated carbocycles. The number of morpholine rings is 1. The molecule has 11 heteroatoms. The molecule has 228 valence electrons. The molecule has 4 aromatic rings. The molecular formula is C32H38FN5O5. The number of carbonyl (C=O) groups is 1. The third-order valence-electron chi connectivity index (χ3n) is 7.11. The molecule has 1 atom stereocenters. The molecule has 1 unspecified atom stereocenters. The summed E-state index contributed by atoms with van der Waals surface area (Å²) in [5.74, 6) is 0.978. The summed E-state index contributed by atoms with van der Waals surface area (Å²) in [4.78, 5) is 29.0. The van der Waals surface area contributed by atoms with Crippen molar-refractivity contribution in [1.29, 1.82) is 0 Å². The van der Waals surface area contributed by atoms with Crippen molar-refractivity contribution in [2.24, 2.45) is 0 Å². The smallest absolute Gasteiger partial charge is 0.416 e. The maximum absolute atomic E-state index is 13.2. The number of carbonyl (C=O) groups excluding carboxylic acids is 1. The van der Waals surface area contributed by atoms with Gasteiger partial charge in [-0.05, 0) is 44.0 Å². The Hall–Kier alpha value is -4.06. The predicted molar refractivity (Wildman–Crippen MR) is 161 cm³/mol. The number of amides is 1. The fourth-order valence-corrected chi connectivity index (χ4v) is 4.80. The van der Waals surface area contributed by atoms with E-state index in [0.717, 1.165) is 43.8 Å². The molecular weight excluding hydrogens is 553 g/mol. The largest absolute Gasteiger partial charge is 0.491 e. The van der Waals surface area contributed by atoms with Gasteiger partial charge in [0.2, 0.25) is 0 Å². The number of ether oxygens (including phenoxy) is 3. The first-order chi connectivity index (χ1) is 20.7. The van der Waals surface area contributed by atoms with Crippen LogP contribution in [0.4, 0.5) is 15.0 Å². The second-order valence-electron chi connectivity index (χ2n) is 11.5. The van der Waals surface area contributed by atoms with E-state index in [2.05, 4.69) is 19.9 Å². The summed E-state index contributed by atoms with van der Waals surface area (Å²) in [7, 11) is 0. The third-order valence-corrected chi connectivity index (χ3v) is 7.11. The maximum atomic E-state index is 13.2. The van der Waals surface area contributed by atoms with E-state index < -0.39 is 24.5 Å². The van der Waals surface area contributed by atoms with Gasteiger partial charge in [0.1, 0.15) is 42.2 Å². The number of aliphatic hydroxyl groups excluding tert-OH is 1. The van der Waals surface area contributed by atoms with E-state index in [0.29, 0.717) is 40.5 Å². The van der Waals surface area contributed by atoms with E-state index in [1.807, 2.05) is 6.07 Å². The van der Waals surface area contributed by atoms with E-state index in [1.165, 1.54) is 4.90 Å². The minimum atomic E-state index is -0.996. The van der Waals surface area contributed by atoms with Crippen molar-refractivity contribution in [1.82, 2.24) is 19.9 Å². The molecule has 0 radical (unpaired) electrons. The second kappa shape index (κ2) is 13.5. The first-order valence-corrected chi connectivity index (χ1v) is 14.4. The number of rotatable bonds is 10. The monoisotopic (exact) mass is 591 g/mol. The van der Waals surface area contributed by atoms with Crippen molar-refractivity contribution in [3.63, 3.8) is 0 Å². The Balaban J connectivity index is 1.32. The lowest BCUT2D eigenvalue weighted by Gasteiger charge is -2.27. The van der Waals surface area contributed by atoms with Crippen LogP contribution in [0.15, 0.2) is 61.1 Å². The first-order valence-electron chi connectivity index (χ1n) is 14.4. The Labute approximate surface area is 250 Å². The zero-order chi connectivity index (χ0) is 30.4. The van der Waals surface area contributed by atoms with Gasteiger partial charge in [0, 0.05) is 48.5 Å². The summed E-state index contributed by atoms with van der Waals surface area (Å²) < 4.78 is 30.0. The van der Waals surface area contributed by atoms with Crippen LogP contribution in [0.5, 0.6) is 5.75 Å². The molecule has 5 rings (SSSR count). The third kappa shape index (κ3) is 7.86. The summed E-state index contributed by atoms with van der Waals surface area (Å²) in [6.07, 6.45) is 3.37. The molecule has 1 amide bonds. The topological polar surface area (TPSA) is 113 Å². The molecule has 4 heterocycles. The fourth-order valence-electron chi connectivity index (χ4n) is 4.80. The van der Waals surface area contributed by atoms with Gasteiger partial charge >= 0.3 is 6.09 Å². The van der Waals surface area contributed by atoms with E-state index in [4.69, 9.17) is 14.2 Å². The molecule has 3 aromatic heterocycles. The molecule has 1 aliphatic rings. The Morgan fingerprint density at radius 2 is 1.86 bits per heavy atom. The van der Waals surface area contributed by atoms with Crippen LogP contribution in [-0.2, 0) is 22.7 Å². The zero-order valence-electron chi connectivity index (χ0n) is 24.8. The molecule has 1 saturated heterocycles. The predicted octanol–water partition coefficient (Wildman–Crippen LogP) is 5.16. The van der Waals surface area contributed by atoms with Gasteiger partial charge in [0.25, 0.3) is 0 Å². The minimum Gasteiger partial charge on any atom is -0.491 e. The van der Waals surface area contributed by atoms with Gasteiger partial charge in [-0.25, -0.2) is 19.2 Å². The Kier molecular flexibility index (Phi) is 9.54. The van der Waals surface area contributed by atoms with Gasteiger partial charge in [-0.15, -0.1) is 0 Å². The standard InChI is InChI=1S/C32H38FN5O5/c1-32(2,3)43-31(40)38(21-23-6-4-22(17-33)5-7-23)28-9-8-24(18-34-28)29(39)27-20-36-30-26(27)16-25(19-35-30)42-15-12-37-10-13-41-14-11-37/h4-9,16,18-20,29,39H,10-15,17,21H2,1-3H3,(H,35,36). The molecule has 1 aliphatic heterocycles. The number of aliphatic hydroxyl groups is 1. The quantitative estimate of drug-likeness (QED) is 0.260. The van der Waals surface area contributed by atoms with Crippen LogP contribution in [0, 0.1) is 0 Å². The molecule has 0 aliphatic carbocycles. The van der Waals surface area contributed by atoms with Crippen LogP contribution in [0.2, 0.25) is 0 Å². The van der Waals surface area contributed by atoms with Crippen molar-refractivity contribution in [3.05, 3.63) is 83.3 Å². The average molecular weight is 592 g/mol. The van der Waals surface area contributed by atoms with Crippen LogP contribution >= 0.6 is 0 Å². The highest BCUT2D eigenvalue weighted by Gasteiger charge is 2.25. The number of H-pyrrole nitrogens is 1. The number of hydrogen-bond acceptors (Lipinski definition) is 8. The average Bonchev–Trinajstić information content (AvgIpc) is 3.43. The highest BCUT2D eigenvalue weighted by Crippen LogP contribution is 2.31. The highest BCUT2D eigenvalue weighted by molar-refractivity contribution is 5.86. The van der Waals surface area contributed by atoms with E-state index in [9.17, 15) is 14.3 Å². The summed E-state index contributed by atoms with van der Waals surface area (Å²) in [5, 5.41) is 12.1. The van der Waals surface area contributed by atoms with Crippen LogP contribution in [0.25, 0.3) is 11.0 Å². The Bertz CT molecular complexity index is 1500. The number of nitrogens with one attached hydrogen (secondary N) is 1. The van der Waals surface area contributed by atoms with Crippen molar-refractivity contribution >= 4 is 22.9 Å². The molecule has 10 nitrogen and oxygen atoms in total. The lowest BCUT2D eigenvalue weighted by molar-refractivity contribution is 0.0322. The molecule has 0 spiro atoms. The highest BCUT2D eigenvalue weighted by atomic mass is 19.1. The van der Waals surface area contributed by atoms with Gasteiger partial charge in [-0.3, -0.25) is 9.80 Å². The van der Waals surface area contributed by atoms with Crippen LogP contribution in [0.1, 0.15) is 49.1 Å². The Morgan fingerprint density at radius 1 is 1.12 bits per heavy atom. The van der Waals surface area contributed by atoms with Crippen molar-refractivity contribution in [3.8, 4) is 5.75 Å². The lowest BCUT2D eigenvalue weighted by Crippen LogP contribution is -2.38. The van der Waals surface area contributed by atoms with E-state index >= 15 is 0 Å². The van der Waals surface area contributed by atoms with Crippen molar-refractivity contribution in [2.45, 2.75) is 45.7 Å². The van der Waals surface area contributed by atoms with Crippen molar-refractivity contribution in [2.75, 3.05) is 44.4 Å². The van der Waals surface area contributed by atoms with Crippen LogP contribution in [0.3, 0.4) is 0 Å². The van der Waals surface area contributed by atoms with Crippen molar-refractivity contribution < 1.29 is 28.5 Å². The normalized spacial score (nSPS) is 14.9. The molecule has 1 fully saturated rings. The number of nitrogens with zero attached hydrogens (tertiary/aromatic N) is 4. The summed E-state index contributed by atoms with van der Waals surface area (Å²) in [6, 6.07) is 12.2. The number of aromatic amines is 1. The van der Waals surface area contributed by atoms with Gasteiger partial charge < -0.3 is 24.3 Å². The number of aromatic nitrogens is 3. The number of pyridine rings is 2. The van der Waals surface area contributed by atoms with Gasteiger partial charge in [0.05, 0.1) is 26.0 Å². The molecule has 0 bridgehead atoms. The fraction of sp³-hybridized carbons (Fsp3) is 0.406. The number of anilines is 1. The summed E-state index contributed by atoms with van der Waals surface area (Å²) in [6.45, 7) is 9.59. The number of hydrogen-bond donors (Lipinski definition) is 2. The molecule has 1 aromatic carbocycles. The van der Waals surface area contributed by atoms with E-state index in [1.54, 1.807) is 75.8 Å². The second-order valence-corrected chi connectivity index (χ2v) is 11.5. The number of halogens is 1. The van der Waals surface area contributed by atoms with Gasteiger partial charge in [0.15, 0.2) is 0 Å². The Morgan fingerprint density at radius 3 is 2.53 bits per heavy atom. The van der Waals surface area contributed by atoms with Gasteiger partial charge in [-0.2, -0.15) is 0 Å². The summed E-state index contributed by atoms with van der Waals surface area (Å²) >= 11 is 0. The number of fused-ring (bicyclic) bond motifs is 1. The maximum Gasteiger partial charge on any atom is 0.416 e. The van der Waals surface area contributed by atoms with Gasteiger partial charge in [-0.1, -0.05) is 30.3 Å². The first kappa shape index (κ1) is 30.4. The zero-order valence-corrected chi connectivity index (χ0v) is 24.8. The molecule has 43 heavy (non-hydrogen) atoms. The van der Waals surface area contributed by atoms with Crippen LogP contribution < -0.4 is 9.64 Å².